The molecular weight excluding hydrogens is 198 g/mol. The Morgan fingerprint density at radius 3 is 2.62 bits per heavy atom. The van der Waals surface area contributed by atoms with Crippen molar-refractivity contribution in [3.05, 3.63) is 60.5 Å². The van der Waals surface area contributed by atoms with Crippen molar-refractivity contribution in [1.29, 1.82) is 0 Å². The van der Waals surface area contributed by atoms with Crippen LogP contribution in [-0.2, 0) is 0 Å². The Morgan fingerprint density at radius 1 is 1.38 bits per heavy atom. The molecule has 2 nitrogen and oxygen atoms in total. The van der Waals surface area contributed by atoms with Crippen molar-refractivity contribution in [3.63, 3.8) is 0 Å². The molecule has 0 atom stereocenters. The SMILES string of the molecule is C=C(/C=C\C=C/C)c1ccc(C(C)=O)cn1. The molecular formula is C14H15NO. The number of nitrogens with zero attached hydrogens (tertiary/aromatic N) is 1. The van der Waals surface area contributed by atoms with Crippen molar-refractivity contribution >= 4 is 11.4 Å². The van der Waals surface area contributed by atoms with Gasteiger partial charge in [-0.15, -0.1) is 0 Å². The fourth-order valence-electron chi connectivity index (χ4n) is 1.16. The fraction of sp³-hybridized carbons (Fsp3) is 0.143. The first-order valence-corrected chi connectivity index (χ1v) is 5.10. The van der Waals surface area contributed by atoms with Gasteiger partial charge < -0.3 is 0 Å². The summed E-state index contributed by atoms with van der Waals surface area (Å²) in [5.74, 6) is 0.0223. The van der Waals surface area contributed by atoms with E-state index >= 15 is 0 Å². The minimum atomic E-state index is 0.0223. The van der Waals surface area contributed by atoms with Crippen molar-refractivity contribution < 1.29 is 4.79 Å². The van der Waals surface area contributed by atoms with E-state index in [9.17, 15) is 4.79 Å². The number of rotatable bonds is 4. The lowest BCUT2D eigenvalue weighted by molar-refractivity contribution is 0.101. The number of pyridine rings is 1. The standard InChI is InChI=1S/C14H15NO/c1-4-5-6-7-11(2)14-9-8-13(10-15-14)12(3)16/h4-10H,2H2,1,3H3/b5-4-,7-6-. The van der Waals surface area contributed by atoms with Crippen LogP contribution in [0.4, 0.5) is 0 Å². The maximum absolute atomic E-state index is 11.1. The number of carbonyl (C=O) groups excluding carboxylic acids is 1. The van der Waals surface area contributed by atoms with Gasteiger partial charge in [0.1, 0.15) is 0 Å². The van der Waals surface area contributed by atoms with E-state index in [-0.39, 0.29) is 5.78 Å². The van der Waals surface area contributed by atoms with Crippen LogP contribution in [0, 0.1) is 0 Å². The molecule has 0 aromatic carbocycles. The monoisotopic (exact) mass is 213 g/mol. The van der Waals surface area contributed by atoms with Crippen LogP contribution in [0.5, 0.6) is 0 Å². The first-order chi connectivity index (χ1) is 7.65. The van der Waals surface area contributed by atoms with Gasteiger partial charge in [-0.1, -0.05) is 30.9 Å². The molecule has 0 amide bonds. The molecule has 82 valence electrons. The minimum Gasteiger partial charge on any atom is -0.294 e. The van der Waals surface area contributed by atoms with Crippen molar-refractivity contribution in [2.24, 2.45) is 0 Å². The summed E-state index contributed by atoms with van der Waals surface area (Å²) in [5, 5.41) is 0. The van der Waals surface area contributed by atoms with Gasteiger partial charge in [-0.05, 0) is 31.6 Å². The molecule has 0 aliphatic heterocycles. The Balaban J connectivity index is 2.82. The maximum atomic E-state index is 11.1. The largest absolute Gasteiger partial charge is 0.294 e. The Morgan fingerprint density at radius 2 is 2.12 bits per heavy atom. The van der Waals surface area contributed by atoms with Gasteiger partial charge in [-0.3, -0.25) is 9.78 Å². The number of hydrogen-bond acceptors (Lipinski definition) is 2. The third-order valence-corrected chi connectivity index (χ3v) is 2.10. The Kier molecular flexibility index (Phi) is 4.40. The lowest BCUT2D eigenvalue weighted by Gasteiger charge is -2.00. The molecule has 1 aromatic rings. The summed E-state index contributed by atoms with van der Waals surface area (Å²) in [6.45, 7) is 7.38. The average molecular weight is 213 g/mol. The fourth-order valence-corrected chi connectivity index (χ4v) is 1.16. The summed E-state index contributed by atoms with van der Waals surface area (Å²) in [4.78, 5) is 15.2. The van der Waals surface area contributed by atoms with Gasteiger partial charge in [-0.2, -0.15) is 0 Å². The van der Waals surface area contributed by atoms with Crippen molar-refractivity contribution in [2.75, 3.05) is 0 Å². The van der Waals surface area contributed by atoms with Gasteiger partial charge in [0.05, 0.1) is 5.69 Å². The van der Waals surface area contributed by atoms with Crippen LogP contribution in [0.15, 0.2) is 49.2 Å². The molecule has 0 aliphatic carbocycles. The maximum Gasteiger partial charge on any atom is 0.161 e. The van der Waals surface area contributed by atoms with Gasteiger partial charge in [0.2, 0.25) is 0 Å². The lowest BCUT2D eigenvalue weighted by Crippen LogP contribution is -1.94. The van der Waals surface area contributed by atoms with Gasteiger partial charge in [0.15, 0.2) is 5.78 Å². The molecule has 0 fully saturated rings. The van der Waals surface area contributed by atoms with E-state index in [0.717, 1.165) is 11.3 Å². The zero-order valence-corrected chi connectivity index (χ0v) is 9.60. The second kappa shape index (κ2) is 5.81. The predicted molar refractivity (Wildman–Crippen MR) is 67.2 cm³/mol. The van der Waals surface area contributed by atoms with Crippen LogP contribution in [0.25, 0.3) is 5.57 Å². The molecule has 1 aromatic heterocycles. The van der Waals surface area contributed by atoms with Gasteiger partial charge in [-0.25, -0.2) is 0 Å². The number of aromatic nitrogens is 1. The van der Waals surface area contributed by atoms with E-state index in [0.29, 0.717) is 5.56 Å². The molecule has 0 bridgehead atoms. The van der Waals surface area contributed by atoms with Crippen LogP contribution in [0.2, 0.25) is 0 Å². The summed E-state index contributed by atoms with van der Waals surface area (Å²) in [5.41, 5.74) is 2.23. The van der Waals surface area contributed by atoms with E-state index in [1.165, 1.54) is 6.92 Å². The van der Waals surface area contributed by atoms with Gasteiger partial charge >= 0.3 is 0 Å². The number of hydrogen-bond donors (Lipinski definition) is 0. The molecule has 1 rings (SSSR count). The zero-order valence-electron chi connectivity index (χ0n) is 9.60. The van der Waals surface area contributed by atoms with Crippen LogP contribution in [0.3, 0.4) is 0 Å². The van der Waals surface area contributed by atoms with Gasteiger partial charge in [0, 0.05) is 11.8 Å². The Bertz CT molecular complexity index is 438. The third-order valence-electron chi connectivity index (χ3n) is 2.10. The first-order valence-electron chi connectivity index (χ1n) is 5.10. The van der Waals surface area contributed by atoms with Crippen LogP contribution >= 0.6 is 0 Å². The van der Waals surface area contributed by atoms with Crippen molar-refractivity contribution in [3.8, 4) is 0 Å². The lowest BCUT2D eigenvalue weighted by atomic mass is 10.1. The zero-order chi connectivity index (χ0) is 12.0. The number of allylic oxidation sites excluding steroid dienone is 5. The third kappa shape index (κ3) is 3.31. The second-order valence-electron chi connectivity index (χ2n) is 3.40. The minimum absolute atomic E-state index is 0.0223. The highest BCUT2D eigenvalue weighted by Gasteiger charge is 2.00. The Labute approximate surface area is 96.0 Å². The van der Waals surface area contributed by atoms with E-state index in [1.54, 1.807) is 18.3 Å². The molecule has 1 heterocycles. The summed E-state index contributed by atoms with van der Waals surface area (Å²) < 4.78 is 0. The van der Waals surface area contributed by atoms with E-state index < -0.39 is 0 Å². The van der Waals surface area contributed by atoms with Crippen molar-refractivity contribution in [2.45, 2.75) is 13.8 Å². The molecule has 0 saturated heterocycles. The number of ketones is 1. The number of Topliss-reactive ketones (excluding diaryl/α,β-unsaturated/α-hetero) is 1. The average Bonchev–Trinajstić information content (AvgIpc) is 2.29. The normalized spacial score (nSPS) is 11.1. The molecule has 0 unspecified atom stereocenters. The highest BCUT2D eigenvalue weighted by molar-refractivity contribution is 5.93. The first kappa shape index (κ1) is 12.1. The second-order valence-corrected chi connectivity index (χ2v) is 3.40. The summed E-state index contributed by atoms with van der Waals surface area (Å²) in [6, 6.07) is 3.57. The van der Waals surface area contributed by atoms with Crippen molar-refractivity contribution in [1.82, 2.24) is 4.98 Å². The van der Waals surface area contributed by atoms with Crippen LogP contribution < -0.4 is 0 Å². The quantitative estimate of drug-likeness (QED) is 0.566. The smallest absolute Gasteiger partial charge is 0.161 e. The van der Waals surface area contributed by atoms with E-state index in [2.05, 4.69) is 11.6 Å². The molecule has 0 N–H and O–H groups in total. The van der Waals surface area contributed by atoms with E-state index in [1.807, 2.05) is 31.2 Å². The summed E-state index contributed by atoms with van der Waals surface area (Å²) in [7, 11) is 0. The number of carbonyl (C=O) groups is 1. The molecule has 0 aliphatic rings. The van der Waals surface area contributed by atoms with Crippen LogP contribution in [-0.4, -0.2) is 10.8 Å². The molecule has 2 heteroatoms. The predicted octanol–water partition coefficient (Wildman–Crippen LogP) is 3.43. The van der Waals surface area contributed by atoms with Gasteiger partial charge in [0.25, 0.3) is 0 Å². The van der Waals surface area contributed by atoms with E-state index in [4.69, 9.17) is 0 Å². The topological polar surface area (TPSA) is 30.0 Å². The molecule has 0 saturated carbocycles. The highest BCUT2D eigenvalue weighted by atomic mass is 16.1. The summed E-state index contributed by atoms with van der Waals surface area (Å²) >= 11 is 0. The Hall–Kier alpha value is -1.96. The summed E-state index contributed by atoms with van der Waals surface area (Å²) in [6.07, 6.45) is 9.23. The molecule has 0 spiro atoms. The molecule has 16 heavy (non-hydrogen) atoms. The highest BCUT2D eigenvalue weighted by Crippen LogP contribution is 2.11. The van der Waals surface area contributed by atoms with Crippen LogP contribution in [0.1, 0.15) is 29.9 Å². The molecule has 0 radical (unpaired) electrons.